The summed E-state index contributed by atoms with van der Waals surface area (Å²) < 4.78 is 4.40. The van der Waals surface area contributed by atoms with Crippen LogP contribution in [0.4, 0.5) is 0 Å². The Morgan fingerprint density at radius 1 is 1.21 bits per heavy atom. The maximum absolute atomic E-state index is 11.3. The Bertz CT molecular complexity index is 567. The van der Waals surface area contributed by atoms with Gasteiger partial charge in [0.25, 0.3) is 0 Å². The first-order valence-corrected chi connectivity index (χ1v) is 5.45. The van der Waals surface area contributed by atoms with Gasteiger partial charge in [0.2, 0.25) is 5.91 Å². The molecule has 1 aliphatic rings. The second-order valence-electron chi connectivity index (χ2n) is 4.16. The fraction of sp³-hybridized carbons (Fsp3) is 0.250. The van der Waals surface area contributed by atoms with Crippen molar-refractivity contribution in [3.05, 3.63) is 34.9 Å². The van der Waals surface area contributed by atoms with E-state index in [1.807, 2.05) is 0 Å². The fourth-order valence-corrected chi connectivity index (χ4v) is 1.83. The summed E-state index contributed by atoms with van der Waals surface area (Å²) in [7, 11) is 0. The highest BCUT2D eigenvalue weighted by molar-refractivity contribution is 6.14. The van der Waals surface area contributed by atoms with Crippen LogP contribution >= 0.6 is 0 Å². The molecule has 0 saturated carbocycles. The van der Waals surface area contributed by atoms with Gasteiger partial charge in [0.1, 0.15) is 6.10 Å². The van der Waals surface area contributed by atoms with Crippen molar-refractivity contribution in [3.63, 3.8) is 0 Å². The molecule has 2 rings (SSSR count). The summed E-state index contributed by atoms with van der Waals surface area (Å²) in [6.07, 6.45) is -3.19. The SMILES string of the molecule is NC(=O)CC(O)C(O)c1ccc2c(c1)C(=O)OC2=O. The molecule has 0 aromatic heterocycles. The predicted molar refractivity (Wildman–Crippen MR) is 61.0 cm³/mol. The fourth-order valence-electron chi connectivity index (χ4n) is 1.83. The van der Waals surface area contributed by atoms with Crippen LogP contribution in [0.15, 0.2) is 18.2 Å². The Labute approximate surface area is 107 Å². The second kappa shape index (κ2) is 4.79. The normalized spacial score (nSPS) is 16.7. The predicted octanol–water partition coefficient (Wildman–Crippen LogP) is -0.733. The number of fused-ring (bicyclic) bond motifs is 1. The van der Waals surface area contributed by atoms with E-state index in [-0.39, 0.29) is 16.7 Å². The average molecular weight is 265 g/mol. The molecule has 7 nitrogen and oxygen atoms in total. The lowest BCUT2D eigenvalue weighted by Crippen LogP contribution is -2.25. The molecule has 4 N–H and O–H groups in total. The molecule has 2 unspecified atom stereocenters. The van der Waals surface area contributed by atoms with Gasteiger partial charge in [-0.05, 0) is 17.7 Å². The standard InChI is InChI=1S/C12H11NO6/c13-9(15)4-8(14)10(16)5-1-2-6-7(3-5)12(18)19-11(6)17/h1-3,8,10,14,16H,4H2,(H2,13,15). The highest BCUT2D eigenvalue weighted by Crippen LogP contribution is 2.26. The Morgan fingerprint density at radius 3 is 2.47 bits per heavy atom. The maximum atomic E-state index is 11.3. The number of primary amides is 1. The van der Waals surface area contributed by atoms with Gasteiger partial charge in [-0.3, -0.25) is 4.79 Å². The highest BCUT2D eigenvalue weighted by Gasteiger charge is 2.31. The van der Waals surface area contributed by atoms with Crippen LogP contribution in [0.25, 0.3) is 0 Å². The summed E-state index contributed by atoms with van der Waals surface area (Å²) in [6, 6.07) is 3.93. The van der Waals surface area contributed by atoms with E-state index >= 15 is 0 Å². The largest absolute Gasteiger partial charge is 0.390 e. The molecule has 0 fully saturated rings. The molecule has 2 atom stereocenters. The number of hydrogen-bond donors (Lipinski definition) is 3. The monoisotopic (exact) mass is 265 g/mol. The number of nitrogens with two attached hydrogens (primary N) is 1. The van der Waals surface area contributed by atoms with Crippen molar-refractivity contribution in [2.24, 2.45) is 5.73 Å². The quantitative estimate of drug-likeness (QED) is 0.486. The summed E-state index contributed by atoms with van der Waals surface area (Å²) in [5, 5.41) is 19.4. The van der Waals surface area contributed by atoms with Crippen molar-refractivity contribution < 1.29 is 29.3 Å². The zero-order valence-corrected chi connectivity index (χ0v) is 9.70. The van der Waals surface area contributed by atoms with E-state index < -0.39 is 36.5 Å². The van der Waals surface area contributed by atoms with Gasteiger partial charge < -0.3 is 20.7 Å². The van der Waals surface area contributed by atoms with Crippen LogP contribution in [-0.4, -0.2) is 34.2 Å². The topological polar surface area (TPSA) is 127 Å². The number of rotatable bonds is 4. The third-order valence-corrected chi connectivity index (χ3v) is 2.79. The third-order valence-electron chi connectivity index (χ3n) is 2.79. The Kier molecular flexibility index (Phi) is 3.32. The molecule has 0 spiro atoms. The van der Waals surface area contributed by atoms with E-state index in [0.717, 1.165) is 0 Å². The Morgan fingerprint density at radius 2 is 1.84 bits per heavy atom. The van der Waals surface area contributed by atoms with Crippen LogP contribution in [-0.2, 0) is 9.53 Å². The van der Waals surface area contributed by atoms with E-state index in [0.29, 0.717) is 0 Å². The van der Waals surface area contributed by atoms with E-state index in [9.17, 15) is 24.6 Å². The highest BCUT2D eigenvalue weighted by atomic mass is 16.6. The third kappa shape index (κ3) is 2.47. The molecular formula is C12H11NO6. The van der Waals surface area contributed by atoms with Crippen molar-refractivity contribution in [1.82, 2.24) is 0 Å². The second-order valence-corrected chi connectivity index (χ2v) is 4.16. The van der Waals surface area contributed by atoms with Gasteiger partial charge in [-0.25, -0.2) is 9.59 Å². The van der Waals surface area contributed by atoms with Crippen LogP contribution < -0.4 is 5.73 Å². The number of carbonyl (C=O) groups is 3. The van der Waals surface area contributed by atoms with Crippen molar-refractivity contribution in [1.29, 1.82) is 0 Å². The van der Waals surface area contributed by atoms with Crippen LogP contribution in [0.3, 0.4) is 0 Å². The molecule has 1 aromatic carbocycles. The van der Waals surface area contributed by atoms with Crippen LogP contribution in [0, 0.1) is 0 Å². The number of carbonyl (C=O) groups excluding carboxylic acids is 3. The first kappa shape index (κ1) is 13.2. The number of cyclic esters (lactones) is 2. The number of aliphatic hydroxyl groups is 2. The molecule has 0 saturated heterocycles. The summed E-state index contributed by atoms with van der Waals surface area (Å²) >= 11 is 0. The molecule has 1 aliphatic heterocycles. The summed E-state index contributed by atoms with van der Waals surface area (Å²) in [4.78, 5) is 33.2. The molecule has 1 heterocycles. The molecule has 0 aliphatic carbocycles. The van der Waals surface area contributed by atoms with Gasteiger partial charge in [-0.2, -0.15) is 0 Å². The molecule has 7 heteroatoms. The minimum Gasteiger partial charge on any atom is -0.390 e. The zero-order valence-electron chi connectivity index (χ0n) is 9.70. The first-order chi connectivity index (χ1) is 8.90. The summed E-state index contributed by atoms with van der Waals surface area (Å²) in [5.74, 6) is -2.32. The minimum absolute atomic E-state index is 0.0211. The molecule has 19 heavy (non-hydrogen) atoms. The number of aliphatic hydroxyl groups excluding tert-OH is 2. The number of hydrogen-bond acceptors (Lipinski definition) is 6. The molecule has 1 amide bonds. The number of amides is 1. The van der Waals surface area contributed by atoms with Crippen molar-refractivity contribution in [3.8, 4) is 0 Å². The van der Waals surface area contributed by atoms with Gasteiger partial charge in [0.15, 0.2) is 0 Å². The minimum atomic E-state index is -1.39. The summed E-state index contributed by atoms with van der Waals surface area (Å²) in [5.41, 5.74) is 5.23. The lowest BCUT2D eigenvalue weighted by Gasteiger charge is -2.17. The van der Waals surface area contributed by atoms with Crippen LogP contribution in [0.1, 0.15) is 38.8 Å². The van der Waals surface area contributed by atoms with E-state index in [4.69, 9.17) is 5.73 Å². The number of benzene rings is 1. The number of ether oxygens (including phenoxy) is 1. The van der Waals surface area contributed by atoms with Crippen molar-refractivity contribution >= 4 is 17.8 Å². The lowest BCUT2D eigenvalue weighted by atomic mass is 9.98. The first-order valence-electron chi connectivity index (χ1n) is 5.45. The lowest BCUT2D eigenvalue weighted by molar-refractivity contribution is -0.121. The van der Waals surface area contributed by atoms with E-state index in [2.05, 4.69) is 4.74 Å². The molecule has 1 aromatic rings. The molecular weight excluding hydrogens is 254 g/mol. The van der Waals surface area contributed by atoms with E-state index in [1.165, 1.54) is 18.2 Å². The Hall–Kier alpha value is -2.25. The van der Waals surface area contributed by atoms with Crippen molar-refractivity contribution in [2.75, 3.05) is 0 Å². The van der Waals surface area contributed by atoms with Crippen molar-refractivity contribution in [2.45, 2.75) is 18.6 Å². The van der Waals surface area contributed by atoms with Crippen LogP contribution in [0.5, 0.6) is 0 Å². The Balaban J connectivity index is 2.28. The summed E-state index contributed by atoms with van der Waals surface area (Å²) in [6.45, 7) is 0. The van der Waals surface area contributed by atoms with Gasteiger partial charge >= 0.3 is 11.9 Å². The zero-order chi connectivity index (χ0) is 14.2. The van der Waals surface area contributed by atoms with Crippen LogP contribution in [0.2, 0.25) is 0 Å². The van der Waals surface area contributed by atoms with Gasteiger partial charge in [-0.1, -0.05) is 6.07 Å². The molecule has 0 bridgehead atoms. The number of esters is 2. The maximum Gasteiger partial charge on any atom is 0.346 e. The molecule has 0 radical (unpaired) electrons. The van der Waals surface area contributed by atoms with Gasteiger partial charge in [0, 0.05) is 0 Å². The average Bonchev–Trinajstić information content (AvgIpc) is 2.63. The smallest absolute Gasteiger partial charge is 0.346 e. The van der Waals surface area contributed by atoms with E-state index in [1.54, 1.807) is 0 Å². The molecule has 100 valence electrons. The van der Waals surface area contributed by atoms with Gasteiger partial charge in [-0.15, -0.1) is 0 Å². The van der Waals surface area contributed by atoms with Gasteiger partial charge in [0.05, 0.1) is 23.7 Å².